The van der Waals surface area contributed by atoms with Crippen LogP contribution in [0.15, 0.2) is 82.5 Å². The lowest BCUT2D eigenvalue weighted by Crippen LogP contribution is -2.50. The topological polar surface area (TPSA) is 0 Å². The summed E-state index contributed by atoms with van der Waals surface area (Å²) in [5, 5.41) is 0. The molecule has 0 aliphatic heterocycles. The summed E-state index contributed by atoms with van der Waals surface area (Å²) in [5.74, 6) is 20.5. The molecule has 6 unspecified atom stereocenters. The molecule has 0 heterocycles. The fourth-order valence-corrected chi connectivity index (χ4v) is 27.3. The van der Waals surface area contributed by atoms with Crippen LogP contribution in [0.4, 0.5) is 0 Å². The van der Waals surface area contributed by atoms with Crippen molar-refractivity contribution in [2.45, 2.75) is 345 Å². The molecule has 0 aromatic carbocycles. The maximum Gasteiger partial charge on any atom is -0.00474 e. The molecule has 0 radical (unpaired) electrons. The van der Waals surface area contributed by atoms with Crippen LogP contribution in [0.2, 0.25) is 0 Å². The van der Waals surface area contributed by atoms with E-state index in [1.165, 1.54) is 186 Å². The van der Waals surface area contributed by atoms with Gasteiger partial charge in [0, 0.05) is 0 Å². The summed E-state index contributed by atoms with van der Waals surface area (Å²) in [5.41, 5.74) is 12.3. The third kappa shape index (κ3) is 15.5. The lowest BCUT2D eigenvalue weighted by Gasteiger charge is -2.58. The van der Waals surface area contributed by atoms with Crippen LogP contribution in [-0.4, -0.2) is 0 Å². The van der Waals surface area contributed by atoms with Crippen molar-refractivity contribution in [1.82, 2.24) is 0 Å². The second-order valence-electron chi connectivity index (χ2n) is 41.6. The minimum Gasteiger partial charge on any atom is -0.0852 e. The zero-order chi connectivity index (χ0) is 69.6. The highest BCUT2D eigenvalue weighted by Crippen LogP contribution is 2.71. The molecule has 0 aromatic heterocycles. The van der Waals surface area contributed by atoms with E-state index in [2.05, 4.69) is 214 Å². The number of allylic oxidation sites excluding steroid dienone is 14. The van der Waals surface area contributed by atoms with E-state index in [-0.39, 0.29) is 0 Å². The van der Waals surface area contributed by atoms with Gasteiger partial charge < -0.3 is 0 Å². The Hall–Kier alpha value is -1.82. The van der Waals surface area contributed by atoms with Gasteiger partial charge >= 0.3 is 0 Å². The Kier molecular flexibility index (Phi) is 25.0. The van der Waals surface area contributed by atoms with Crippen molar-refractivity contribution in [2.24, 2.45) is 175 Å². The van der Waals surface area contributed by atoms with Gasteiger partial charge in [-0.25, -0.2) is 0 Å². The van der Waals surface area contributed by atoms with Gasteiger partial charge in [0.1, 0.15) is 0 Å². The molecule has 0 heteroatoms. The van der Waals surface area contributed by atoms with Gasteiger partial charge in [-0.05, 0) is 341 Å². The first kappa shape index (κ1) is 76.8. The van der Waals surface area contributed by atoms with Crippen molar-refractivity contribution in [2.75, 3.05) is 0 Å². The second kappa shape index (κ2) is 31.2. The predicted molar refractivity (Wildman–Crippen MR) is 421 cm³/mol. The lowest BCUT2D eigenvalue weighted by molar-refractivity contribution is -0.0496. The van der Waals surface area contributed by atoms with Crippen LogP contribution in [0, 0.1) is 175 Å². The van der Waals surface area contributed by atoms with E-state index in [4.69, 9.17) is 0 Å². The Bertz CT molecular complexity index is 2770. The molecule has 12 aliphatic rings. The summed E-state index contributed by atoms with van der Waals surface area (Å²) < 4.78 is 0. The molecule has 12 aliphatic carbocycles. The first-order chi connectivity index (χ1) is 45.3. The van der Waals surface area contributed by atoms with Gasteiger partial charge in [-0.2, -0.15) is 0 Å². The van der Waals surface area contributed by atoms with Crippen LogP contribution in [0.1, 0.15) is 345 Å². The molecular weight excluding hydrogens is 1150 g/mol. The third-order valence-corrected chi connectivity index (χ3v) is 33.3. The van der Waals surface area contributed by atoms with Gasteiger partial charge in [-0.15, -0.1) is 0 Å². The van der Waals surface area contributed by atoms with Gasteiger partial charge in [-0.1, -0.05) is 261 Å². The van der Waals surface area contributed by atoms with Crippen LogP contribution in [0.5, 0.6) is 0 Å². The quantitative estimate of drug-likeness (QED) is 0.107. The molecule has 0 bridgehead atoms. The van der Waals surface area contributed by atoms with E-state index in [9.17, 15) is 0 Å². The SMILES string of the molecule is CC(C)CC1CC[C@@]2(C)C(=CC=C3[C@@H]4CC[C@H]([C@H](C)/C=C/[C@H](C)C(C)C)[C@@]4(C)CC[C@@H]32)C1.CC(C)CCC[C@@H](C)[C@H]1CCC2C3=CC=C4CC(CC(C)C)CC[C@]4(C)C3CC[C@@]21C.CC[C@H](/C=C/[C@@H](C)[C@H]1CC[C@H]2C3CC=C4CC(CC(C)C)CC[C@]4(C)[C@H]3CC[C@]12C)C(C)C. The molecule has 0 saturated heterocycles. The maximum atomic E-state index is 2.78. The summed E-state index contributed by atoms with van der Waals surface area (Å²) in [4.78, 5) is 0. The normalized spacial score (nSPS) is 41.6. The molecule has 9 saturated carbocycles. The van der Waals surface area contributed by atoms with E-state index in [1.54, 1.807) is 5.57 Å². The number of hydrogen-bond donors (Lipinski definition) is 0. The minimum absolute atomic E-state index is 0.454. The molecule has 12 rings (SSSR count). The third-order valence-electron chi connectivity index (χ3n) is 33.3. The summed E-state index contributed by atoms with van der Waals surface area (Å²) in [6.07, 6.45) is 65.4. The Morgan fingerprint density at radius 1 is 0.396 bits per heavy atom. The summed E-state index contributed by atoms with van der Waals surface area (Å²) in [6, 6.07) is 0. The van der Waals surface area contributed by atoms with Crippen molar-refractivity contribution in [3.8, 4) is 0 Å². The minimum atomic E-state index is 0.454. The summed E-state index contributed by atoms with van der Waals surface area (Å²) >= 11 is 0. The van der Waals surface area contributed by atoms with Crippen molar-refractivity contribution >= 4 is 0 Å². The van der Waals surface area contributed by atoms with Gasteiger partial charge in [0.05, 0.1) is 0 Å². The van der Waals surface area contributed by atoms with Gasteiger partial charge in [0.15, 0.2) is 0 Å². The van der Waals surface area contributed by atoms with E-state index in [1.807, 2.05) is 22.3 Å². The first-order valence-corrected chi connectivity index (χ1v) is 43.2. The molecule has 544 valence electrons. The van der Waals surface area contributed by atoms with E-state index < -0.39 is 0 Å². The van der Waals surface area contributed by atoms with E-state index >= 15 is 0 Å². The van der Waals surface area contributed by atoms with Crippen LogP contribution in [-0.2, 0) is 0 Å². The first-order valence-electron chi connectivity index (χ1n) is 43.2. The zero-order valence-electron chi connectivity index (χ0n) is 68.1. The molecular formula is C96H160. The summed E-state index contributed by atoms with van der Waals surface area (Å²) in [6.45, 7) is 57.2. The van der Waals surface area contributed by atoms with Crippen molar-refractivity contribution in [1.29, 1.82) is 0 Å². The van der Waals surface area contributed by atoms with Gasteiger partial charge in [-0.3, -0.25) is 0 Å². The molecule has 0 spiro atoms. The fraction of sp³-hybridized carbons (Fsp3) is 0.854. The monoisotopic (exact) mass is 1310 g/mol. The van der Waals surface area contributed by atoms with E-state index in [0.29, 0.717) is 44.3 Å². The van der Waals surface area contributed by atoms with Gasteiger partial charge in [0.2, 0.25) is 0 Å². The number of fused-ring (bicyclic) bond motifs is 15. The molecule has 9 fully saturated rings. The average Bonchev–Trinajstić information content (AvgIpc) is 1.37. The van der Waals surface area contributed by atoms with E-state index in [0.717, 1.165) is 130 Å². The van der Waals surface area contributed by atoms with Crippen LogP contribution in [0.3, 0.4) is 0 Å². The molecule has 96 heavy (non-hydrogen) atoms. The van der Waals surface area contributed by atoms with Gasteiger partial charge in [0.25, 0.3) is 0 Å². The van der Waals surface area contributed by atoms with Crippen LogP contribution < -0.4 is 0 Å². The highest BCUT2D eigenvalue weighted by molar-refractivity contribution is 5.41. The Morgan fingerprint density at radius 3 is 1.34 bits per heavy atom. The number of rotatable bonds is 20. The summed E-state index contributed by atoms with van der Waals surface area (Å²) in [7, 11) is 0. The molecule has 0 nitrogen and oxygen atoms in total. The zero-order valence-corrected chi connectivity index (χ0v) is 68.1. The second-order valence-corrected chi connectivity index (χ2v) is 41.6. The van der Waals surface area contributed by atoms with Crippen LogP contribution in [0.25, 0.3) is 0 Å². The highest BCUT2D eigenvalue weighted by atomic mass is 14.7. The molecule has 0 amide bonds. The highest BCUT2D eigenvalue weighted by Gasteiger charge is 2.61. The Balaban J connectivity index is 0.000000157. The lowest BCUT2D eigenvalue weighted by atomic mass is 9.46. The standard InChI is InChI=1S/C33H56.C32H52.C31H52/c1-9-26(23(4)5)11-10-24(6)29-14-15-30-28-13-12-27-21-25(20-22(2)3)16-18-32(27,7)31(28)17-19-33(29,30)8;1-21(2)19-25-15-17-31(7)26(20-25)11-12-27-29-14-13-28(32(29,8)18-16-30(27)31)24(6)10-9-23(5)22(3)4;1-21(2)9-8-10-23(5)27-13-14-28-26-12-11-25-20-24(19-22(3)4)15-17-30(25,6)29(26)16-18-31(27,28)7/h10-12,22-26,28-31H,9,13-21H2,1-8H3;9-12,21-25,28-30H,13-20H2,1-8H3;11-12,21-24,27-29H,8-10,13-20H2,1-7H3/b11-10+;10-9+;/t24-,25?,26-,28?,29-,30+,31+,32+,33-;23-,24+,25?,28+,29-,30-,31-,32+;23-,24?,27-,28?,29?,30+,31-/m101/s1. The Labute approximate surface area is 599 Å². The smallest absolute Gasteiger partial charge is 0.00474 e. The largest absolute Gasteiger partial charge is 0.0852 e. The average molecular weight is 1310 g/mol. The van der Waals surface area contributed by atoms with Crippen molar-refractivity contribution < 1.29 is 0 Å². The van der Waals surface area contributed by atoms with Crippen LogP contribution >= 0.6 is 0 Å². The molecule has 24 atom stereocenters. The maximum absolute atomic E-state index is 2.78. The van der Waals surface area contributed by atoms with Crippen molar-refractivity contribution in [3.05, 3.63) is 82.5 Å². The van der Waals surface area contributed by atoms with Crippen molar-refractivity contribution in [3.63, 3.8) is 0 Å². The predicted octanol–water partition coefficient (Wildman–Crippen LogP) is 29.3. The molecule has 0 aromatic rings. The number of hydrogen-bond acceptors (Lipinski definition) is 0. The Morgan fingerprint density at radius 2 is 0.854 bits per heavy atom. The molecule has 0 N–H and O–H groups in total. The fourth-order valence-electron chi connectivity index (χ4n) is 27.3.